The summed E-state index contributed by atoms with van der Waals surface area (Å²) in [6.45, 7) is 1.82. The fourth-order valence-corrected chi connectivity index (χ4v) is 4.96. The highest BCUT2D eigenvalue weighted by atomic mass is 16.7. The predicted molar refractivity (Wildman–Crippen MR) is 135 cm³/mol. The minimum absolute atomic E-state index is 0.0637. The molecular weight excluding hydrogens is 504 g/mol. The second-order valence-electron chi connectivity index (χ2n) is 9.67. The average Bonchev–Trinajstić information content (AvgIpc) is 3.75. The largest absolute Gasteiger partial charge is 0.467 e. The molecule has 1 saturated carbocycles. The first-order valence-corrected chi connectivity index (χ1v) is 12.9. The summed E-state index contributed by atoms with van der Waals surface area (Å²) < 4.78 is 22.2. The summed E-state index contributed by atoms with van der Waals surface area (Å²) >= 11 is 0. The highest BCUT2D eigenvalue weighted by Gasteiger charge is 2.36. The monoisotopic (exact) mass is 532 g/mol. The lowest BCUT2D eigenvalue weighted by Gasteiger charge is -2.30. The molecule has 1 aliphatic carbocycles. The van der Waals surface area contributed by atoms with Gasteiger partial charge in [-0.25, -0.2) is 0 Å². The van der Waals surface area contributed by atoms with Gasteiger partial charge in [-0.05, 0) is 66.9 Å². The third-order valence-electron chi connectivity index (χ3n) is 6.87. The van der Waals surface area contributed by atoms with Gasteiger partial charge in [0.15, 0.2) is 23.3 Å². The molecule has 2 amide bonds. The number of nitrogens with one attached hydrogen (secondary N) is 1. The molecular formula is C27H28N6O6. The van der Waals surface area contributed by atoms with Gasteiger partial charge >= 0.3 is 0 Å². The molecule has 3 aromatic heterocycles. The zero-order valence-corrected chi connectivity index (χ0v) is 21.4. The van der Waals surface area contributed by atoms with Crippen LogP contribution in [0.2, 0.25) is 0 Å². The number of benzene rings is 1. The van der Waals surface area contributed by atoms with E-state index in [1.807, 2.05) is 19.1 Å². The molecule has 1 fully saturated rings. The van der Waals surface area contributed by atoms with Crippen molar-refractivity contribution in [3.63, 3.8) is 0 Å². The summed E-state index contributed by atoms with van der Waals surface area (Å²) in [5, 5.41) is 15.5. The van der Waals surface area contributed by atoms with Crippen LogP contribution in [0.3, 0.4) is 0 Å². The highest BCUT2D eigenvalue weighted by molar-refractivity contribution is 5.88. The number of hydrogen-bond donors (Lipinski definition) is 1. The second kappa shape index (κ2) is 10.6. The number of nitrogens with zero attached hydrogens (tertiary/aromatic N) is 5. The Hall–Kier alpha value is -4.61. The normalized spacial score (nSPS) is 15.4. The zero-order chi connectivity index (χ0) is 26.8. The molecule has 0 bridgehead atoms. The number of aromatic nitrogens is 4. The van der Waals surface area contributed by atoms with Crippen molar-refractivity contribution >= 4 is 11.8 Å². The van der Waals surface area contributed by atoms with Gasteiger partial charge in [0.25, 0.3) is 5.91 Å². The van der Waals surface area contributed by atoms with Crippen LogP contribution >= 0.6 is 0 Å². The van der Waals surface area contributed by atoms with Crippen LogP contribution in [0.1, 0.15) is 48.8 Å². The van der Waals surface area contributed by atoms with Crippen LogP contribution in [0.4, 0.5) is 0 Å². The van der Waals surface area contributed by atoms with E-state index in [1.165, 1.54) is 16.0 Å². The lowest BCUT2D eigenvalue weighted by molar-refractivity contribution is -0.143. The topological polar surface area (TPSA) is 138 Å². The van der Waals surface area contributed by atoms with Gasteiger partial charge in [-0.3, -0.25) is 9.59 Å². The van der Waals surface area contributed by atoms with Gasteiger partial charge in [-0.15, -0.1) is 10.2 Å². The number of amides is 2. The van der Waals surface area contributed by atoms with Crippen LogP contribution in [0, 0.1) is 6.92 Å². The highest BCUT2D eigenvalue weighted by Crippen LogP contribution is 2.34. The first-order valence-electron chi connectivity index (χ1n) is 12.9. The molecule has 0 saturated heterocycles. The number of hydrogen-bond acceptors (Lipinski definition) is 9. The number of rotatable bonds is 9. The van der Waals surface area contributed by atoms with Gasteiger partial charge in [0.2, 0.25) is 18.5 Å². The third kappa shape index (κ3) is 5.35. The summed E-state index contributed by atoms with van der Waals surface area (Å²) in [7, 11) is 0. The molecule has 12 heteroatoms. The molecule has 1 aliphatic heterocycles. The molecule has 4 heterocycles. The van der Waals surface area contributed by atoms with Crippen molar-refractivity contribution in [3.8, 4) is 23.1 Å². The zero-order valence-electron chi connectivity index (χ0n) is 21.4. The summed E-state index contributed by atoms with van der Waals surface area (Å²) in [5.74, 6) is 2.30. The summed E-state index contributed by atoms with van der Waals surface area (Å²) in [5.41, 5.74) is 0.760. The van der Waals surface area contributed by atoms with E-state index in [0.29, 0.717) is 28.8 Å². The Morgan fingerprint density at radius 3 is 2.74 bits per heavy atom. The second-order valence-corrected chi connectivity index (χ2v) is 9.67. The van der Waals surface area contributed by atoms with Gasteiger partial charge < -0.3 is 28.5 Å². The maximum atomic E-state index is 13.9. The first kappa shape index (κ1) is 24.7. The number of fused-ring (bicyclic) bond motifs is 1. The predicted octanol–water partition coefficient (Wildman–Crippen LogP) is 3.39. The Bertz CT molecular complexity index is 1460. The molecule has 4 aromatic rings. The lowest BCUT2D eigenvalue weighted by atomic mass is 10.1. The molecule has 1 N–H and O–H groups in total. The summed E-state index contributed by atoms with van der Waals surface area (Å²) in [6.07, 6.45) is 5.43. The Morgan fingerprint density at radius 1 is 1.13 bits per heavy atom. The quantitative estimate of drug-likeness (QED) is 0.344. The molecule has 12 nitrogen and oxygen atoms in total. The van der Waals surface area contributed by atoms with Crippen molar-refractivity contribution in [2.45, 2.75) is 57.8 Å². The Morgan fingerprint density at radius 2 is 1.97 bits per heavy atom. The van der Waals surface area contributed by atoms with E-state index in [4.69, 9.17) is 18.3 Å². The average molecular weight is 533 g/mol. The number of carbonyl (C=O) groups excluding carboxylic acids is 2. The van der Waals surface area contributed by atoms with Crippen LogP contribution < -0.4 is 14.8 Å². The number of aryl methyl sites for hydroxylation is 1. The Balaban J connectivity index is 1.30. The SMILES string of the molecule is Cc1ccc(-c2nnn(CC(=O)N(Cc3ccc4c(c3)OCO4)[C@@H](C(=O)NC3CCCC3)c3ccco3)n2)o1. The van der Waals surface area contributed by atoms with E-state index in [1.54, 1.807) is 30.3 Å². The van der Waals surface area contributed by atoms with Crippen molar-refractivity contribution in [2.75, 3.05) is 6.79 Å². The van der Waals surface area contributed by atoms with Crippen LogP contribution in [-0.4, -0.2) is 49.8 Å². The lowest BCUT2D eigenvalue weighted by Crippen LogP contribution is -2.46. The van der Waals surface area contributed by atoms with Crippen LogP contribution in [0.15, 0.2) is 57.6 Å². The van der Waals surface area contributed by atoms with Gasteiger partial charge in [-0.2, -0.15) is 4.80 Å². The number of tetrazole rings is 1. The molecule has 0 unspecified atom stereocenters. The van der Waals surface area contributed by atoms with Crippen LogP contribution in [0.25, 0.3) is 11.6 Å². The smallest absolute Gasteiger partial charge is 0.250 e. The third-order valence-corrected chi connectivity index (χ3v) is 6.87. The number of carbonyl (C=O) groups is 2. The minimum Gasteiger partial charge on any atom is -0.467 e. The molecule has 202 valence electrons. The maximum absolute atomic E-state index is 13.9. The fourth-order valence-electron chi connectivity index (χ4n) is 4.96. The maximum Gasteiger partial charge on any atom is 0.250 e. The standard InChI is InChI=1S/C27H28N6O6/c1-17-8-10-22(39-17)26-29-31-33(30-26)15-24(34)32(14-18-9-11-20-23(13-18)38-16-37-20)25(21-7-4-12-36-21)27(35)28-19-5-2-3-6-19/h4,7-13,19,25H,2-3,5-6,14-16H2,1H3,(H,28,35)/t25-/m1/s1. The van der Waals surface area contributed by atoms with Crippen LogP contribution in [0.5, 0.6) is 11.5 Å². The van der Waals surface area contributed by atoms with E-state index in [2.05, 4.69) is 20.7 Å². The van der Waals surface area contributed by atoms with Crippen molar-refractivity contribution in [1.82, 2.24) is 30.4 Å². The van der Waals surface area contributed by atoms with E-state index in [-0.39, 0.29) is 37.7 Å². The van der Waals surface area contributed by atoms with Crippen molar-refractivity contribution in [1.29, 1.82) is 0 Å². The van der Waals surface area contributed by atoms with Gasteiger partial charge in [0.05, 0.1) is 6.26 Å². The molecule has 39 heavy (non-hydrogen) atoms. The number of furan rings is 2. The molecule has 2 aliphatic rings. The van der Waals surface area contributed by atoms with Crippen molar-refractivity contribution in [2.24, 2.45) is 0 Å². The van der Waals surface area contributed by atoms with E-state index < -0.39 is 11.9 Å². The van der Waals surface area contributed by atoms with Crippen LogP contribution in [-0.2, 0) is 22.7 Å². The van der Waals surface area contributed by atoms with Crippen molar-refractivity contribution in [3.05, 3.63) is 65.8 Å². The van der Waals surface area contributed by atoms with Gasteiger partial charge in [0, 0.05) is 12.6 Å². The molecule has 1 atom stereocenters. The minimum atomic E-state index is -1.01. The number of ether oxygens (including phenoxy) is 2. The molecule has 1 aromatic carbocycles. The van der Waals surface area contributed by atoms with E-state index >= 15 is 0 Å². The van der Waals surface area contributed by atoms with E-state index in [9.17, 15) is 9.59 Å². The van der Waals surface area contributed by atoms with E-state index in [0.717, 1.165) is 31.2 Å². The Kier molecular flexibility index (Phi) is 6.74. The molecule has 0 radical (unpaired) electrons. The van der Waals surface area contributed by atoms with Crippen molar-refractivity contribution < 1.29 is 27.9 Å². The molecule has 6 rings (SSSR count). The van der Waals surface area contributed by atoms with Gasteiger partial charge in [0.1, 0.15) is 18.1 Å². The van der Waals surface area contributed by atoms with Gasteiger partial charge in [-0.1, -0.05) is 18.9 Å². The summed E-state index contributed by atoms with van der Waals surface area (Å²) in [6, 6.07) is 11.4. The fraction of sp³-hybridized carbons (Fsp3) is 0.370. The molecule has 0 spiro atoms. The first-order chi connectivity index (χ1) is 19.0. The summed E-state index contributed by atoms with van der Waals surface area (Å²) in [4.78, 5) is 30.2. The Labute approximate surface area is 223 Å².